The molecule has 0 bridgehead atoms. The Labute approximate surface area is 245 Å². The van der Waals surface area contributed by atoms with E-state index in [2.05, 4.69) is 30.0 Å². The highest BCUT2D eigenvalue weighted by Crippen LogP contribution is 2.48. The van der Waals surface area contributed by atoms with Crippen LogP contribution in [-0.2, 0) is 14.3 Å². The van der Waals surface area contributed by atoms with Crippen LogP contribution in [0.3, 0.4) is 0 Å². The van der Waals surface area contributed by atoms with Gasteiger partial charge in [-0.1, -0.05) is 0 Å². The molecule has 1 N–H and O–H groups in total. The number of carbonyl (C=O) groups excluding carboxylic acids is 2. The maximum atomic E-state index is 16.3. The van der Waals surface area contributed by atoms with Gasteiger partial charge in [-0.15, -0.1) is 11.6 Å². The third-order valence-electron chi connectivity index (χ3n) is 10.4. The van der Waals surface area contributed by atoms with Crippen molar-refractivity contribution < 1.29 is 18.7 Å². The first-order chi connectivity index (χ1) is 20.0. The lowest BCUT2D eigenvalue weighted by atomic mass is 9.69. The molecule has 0 radical (unpaired) electrons. The van der Waals surface area contributed by atoms with Crippen LogP contribution in [0.15, 0.2) is 30.4 Å². The summed E-state index contributed by atoms with van der Waals surface area (Å²) in [4.78, 5) is 42.7. The maximum absolute atomic E-state index is 16.3. The molecule has 3 saturated heterocycles. The Kier molecular flexibility index (Phi) is 7.77. The van der Waals surface area contributed by atoms with Gasteiger partial charge in [-0.2, -0.15) is 0 Å². The van der Waals surface area contributed by atoms with E-state index < -0.39 is 24.2 Å². The first-order valence-electron chi connectivity index (χ1n) is 15.5. The highest BCUT2D eigenvalue weighted by molar-refractivity contribution is 6.21. The van der Waals surface area contributed by atoms with E-state index in [1.54, 1.807) is 24.8 Å². The number of nitrogens with zero attached hydrogens (tertiary/aromatic N) is 5. The topological polar surface area (TPSA) is 90.9 Å². The van der Waals surface area contributed by atoms with Crippen LogP contribution in [0.2, 0.25) is 0 Å². The van der Waals surface area contributed by atoms with Gasteiger partial charge in [0.1, 0.15) is 6.17 Å². The zero-order valence-electron chi connectivity index (χ0n) is 23.4. The number of nitrogens with one attached hydrogen (secondary N) is 1. The van der Waals surface area contributed by atoms with Crippen molar-refractivity contribution in [2.24, 2.45) is 5.92 Å². The summed E-state index contributed by atoms with van der Waals surface area (Å²) in [6.45, 7) is 4.80. The Morgan fingerprint density at radius 1 is 1.12 bits per heavy atom. The number of fused-ring (bicyclic) bond motifs is 2. The van der Waals surface area contributed by atoms with Crippen molar-refractivity contribution in [3.05, 3.63) is 36.1 Å². The van der Waals surface area contributed by atoms with Gasteiger partial charge in [0, 0.05) is 61.6 Å². The summed E-state index contributed by atoms with van der Waals surface area (Å²) >= 11 is 6.60. The number of hydrogen-bond donors (Lipinski definition) is 1. The molecule has 1 amide bonds. The smallest absolute Gasteiger partial charge is 0.256 e. The molecule has 5 heterocycles. The molecule has 41 heavy (non-hydrogen) atoms. The van der Waals surface area contributed by atoms with E-state index in [1.165, 1.54) is 12.8 Å². The van der Waals surface area contributed by atoms with E-state index in [-0.39, 0.29) is 53.2 Å². The molecule has 2 saturated carbocycles. The van der Waals surface area contributed by atoms with Gasteiger partial charge in [0.2, 0.25) is 0 Å². The van der Waals surface area contributed by atoms with E-state index in [4.69, 9.17) is 16.3 Å². The molecular weight excluding hydrogens is 547 g/mol. The fourth-order valence-electron chi connectivity index (χ4n) is 8.38. The zero-order chi connectivity index (χ0) is 28.1. The van der Waals surface area contributed by atoms with Crippen molar-refractivity contribution >= 4 is 23.3 Å². The van der Waals surface area contributed by atoms with E-state index in [0.29, 0.717) is 19.5 Å². The lowest BCUT2D eigenvalue weighted by Crippen LogP contribution is -2.73. The minimum absolute atomic E-state index is 0.00314. The average molecular weight is 587 g/mol. The maximum Gasteiger partial charge on any atom is 0.256 e. The van der Waals surface area contributed by atoms with Crippen LogP contribution in [0.1, 0.15) is 56.6 Å². The Morgan fingerprint density at radius 3 is 2.78 bits per heavy atom. The minimum Gasteiger partial charge on any atom is -0.369 e. The van der Waals surface area contributed by atoms with Gasteiger partial charge < -0.3 is 19.9 Å². The number of carbonyl (C=O) groups is 2. The third kappa shape index (κ3) is 5.19. The van der Waals surface area contributed by atoms with Crippen LogP contribution in [0.5, 0.6) is 0 Å². The number of likely N-dealkylation sites (tertiary alicyclic amines) is 2. The van der Waals surface area contributed by atoms with Crippen LogP contribution in [0.25, 0.3) is 0 Å². The number of hydrogen-bond acceptors (Lipinski definition) is 8. The molecule has 9 unspecified atom stereocenters. The fourth-order valence-corrected chi connectivity index (χ4v) is 8.69. The van der Waals surface area contributed by atoms with Crippen LogP contribution in [-0.4, -0.2) is 118 Å². The number of amides is 1. The fraction of sp³-hybridized carbons (Fsp3) is 0.733. The van der Waals surface area contributed by atoms with Crippen LogP contribution in [0, 0.1) is 5.92 Å². The number of alkyl halides is 2. The van der Waals surface area contributed by atoms with Gasteiger partial charge >= 0.3 is 0 Å². The minimum atomic E-state index is -1.24. The first kappa shape index (κ1) is 27.7. The number of halogens is 2. The molecule has 0 spiro atoms. The molecule has 9 nitrogen and oxygen atoms in total. The summed E-state index contributed by atoms with van der Waals surface area (Å²) in [5.74, 6) is -1.01. The molecule has 1 aromatic heterocycles. The second-order valence-corrected chi connectivity index (χ2v) is 13.3. The first-order valence-corrected chi connectivity index (χ1v) is 15.9. The molecule has 5 fully saturated rings. The summed E-state index contributed by atoms with van der Waals surface area (Å²) < 4.78 is 23.1. The Hall–Kier alpha value is -2.14. The molecule has 6 aliphatic rings. The number of morpholine rings is 1. The van der Waals surface area contributed by atoms with Crippen molar-refractivity contribution in [1.82, 2.24) is 30.0 Å². The Morgan fingerprint density at radius 2 is 1.98 bits per heavy atom. The summed E-state index contributed by atoms with van der Waals surface area (Å²) in [6.07, 6.45) is 10.8. The van der Waals surface area contributed by atoms with Crippen LogP contribution in [0.4, 0.5) is 4.39 Å². The zero-order valence-corrected chi connectivity index (χ0v) is 24.2. The quantitative estimate of drug-likeness (QED) is 0.401. The van der Waals surface area contributed by atoms with Gasteiger partial charge in [-0.05, 0) is 64.6 Å². The van der Waals surface area contributed by atoms with Gasteiger partial charge in [0.15, 0.2) is 5.78 Å². The normalized spacial score (nSPS) is 39.3. The molecule has 7 rings (SSSR count). The van der Waals surface area contributed by atoms with Crippen molar-refractivity contribution in [2.75, 3.05) is 39.3 Å². The predicted molar refractivity (Wildman–Crippen MR) is 151 cm³/mol. The van der Waals surface area contributed by atoms with Crippen molar-refractivity contribution in [1.29, 1.82) is 0 Å². The molecule has 2 aliphatic carbocycles. The van der Waals surface area contributed by atoms with Crippen molar-refractivity contribution in [2.45, 2.75) is 92.7 Å². The number of Topliss-reactive ketones (excluding diaryl/α,β-unsaturated/α-hetero) is 1. The largest absolute Gasteiger partial charge is 0.369 e. The van der Waals surface area contributed by atoms with Crippen molar-refractivity contribution in [3.8, 4) is 0 Å². The number of ketones is 1. The third-order valence-corrected chi connectivity index (χ3v) is 10.8. The molecule has 4 aliphatic heterocycles. The van der Waals surface area contributed by atoms with E-state index in [0.717, 1.165) is 51.1 Å². The Bertz CT molecular complexity index is 1170. The van der Waals surface area contributed by atoms with Crippen molar-refractivity contribution in [3.63, 3.8) is 0 Å². The molecule has 9 atom stereocenters. The van der Waals surface area contributed by atoms with E-state index in [9.17, 15) is 9.59 Å². The summed E-state index contributed by atoms with van der Waals surface area (Å²) in [7, 11) is 0. The highest BCUT2D eigenvalue weighted by atomic mass is 35.5. The lowest BCUT2D eigenvalue weighted by Gasteiger charge is -2.60. The standard InChI is InChI=1S/C30H40ClFN6O3/c31-19-3-4-24-25(13-19)41-29-26-20(14-22(32)27(29)37-11-5-18(16-37)23-15-33-6-7-34-23)28(39)21(17-38(24)26)30(40)35-8-12-36-9-1-2-10-36/h6-7,15,17-20,22,24-27,29H,1-5,8-14,16H2,(H,35,40). The molecule has 1 aromatic rings. The molecular formula is C30H40ClFN6O3. The van der Waals surface area contributed by atoms with Gasteiger partial charge in [-0.3, -0.25) is 24.5 Å². The average Bonchev–Trinajstić information content (AvgIpc) is 3.67. The van der Waals surface area contributed by atoms with Crippen LogP contribution < -0.4 is 5.32 Å². The van der Waals surface area contributed by atoms with Gasteiger partial charge in [0.05, 0.1) is 41.6 Å². The highest BCUT2D eigenvalue weighted by Gasteiger charge is 2.60. The summed E-state index contributed by atoms with van der Waals surface area (Å²) in [5, 5.41) is 2.98. The summed E-state index contributed by atoms with van der Waals surface area (Å²) in [5.41, 5.74) is 1.09. The lowest BCUT2D eigenvalue weighted by molar-refractivity contribution is -0.209. The molecule has 222 valence electrons. The SMILES string of the molecule is O=C(NCCN1CCCC1)C1=CN2C3CCC(Cl)CC3OC3C(N4CCC(c5cnccn5)C4)C(F)CC(C1=O)C32. The van der Waals surface area contributed by atoms with E-state index in [1.807, 2.05) is 0 Å². The van der Waals surface area contributed by atoms with Gasteiger partial charge in [0.25, 0.3) is 5.91 Å². The number of aromatic nitrogens is 2. The summed E-state index contributed by atoms with van der Waals surface area (Å²) in [6, 6.07) is -0.726. The second kappa shape index (κ2) is 11.5. The number of rotatable bonds is 6. The van der Waals surface area contributed by atoms with Crippen LogP contribution >= 0.6 is 11.6 Å². The molecule has 11 heteroatoms. The number of ether oxygens (including phenoxy) is 1. The predicted octanol–water partition coefficient (Wildman–Crippen LogP) is 2.27. The second-order valence-electron chi connectivity index (χ2n) is 12.7. The molecule has 0 aromatic carbocycles. The monoisotopic (exact) mass is 586 g/mol. The Balaban J connectivity index is 1.14. The van der Waals surface area contributed by atoms with E-state index >= 15 is 4.39 Å². The van der Waals surface area contributed by atoms with Gasteiger partial charge in [-0.25, -0.2) is 4.39 Å².